The van der Waals surface area contributed by atoms with Gasteiger partial charge in [0.15, 0.2) is 0 Å². The quantitative estimate of drug-likeness (QED) is 0.928. The van der Waals surface area contributed by atoms with Gasteiger partial charge in [-0.25, -0.2) is 0 Å². The van der Waals surface area contributed by atoms with Crippen molar-refractivity contribution in [1.82, 2.24) is 4.90 Å². The Morgan fingerprint density at radius 1 is 1.05 bits per heavy atom. The summed E-state index contributed by atoms with van der Waals surface area (Å²) >= 11 is 0. The molecule has 101 valence electrons. The van der Waals surface area contributed by atoms with Crippen molar-refractivity contribution in [3.8, 4) is 0 Å². The zero-order valence-electron chi connectivity index (χ0n) is 11.4. The second kappa shape index (κ2) is 6.02. The van der Waals surface area contributed by atoms with E-state index in [2.05, 4.69) is 11.4 Å². The van der Waals surface area contributed by atoms with E-state index in [-0.39, 0.29) is 11.8 Å². The highest BCUT2D eigenvalue weighted by Gasteiger charge is 2.10. The Kier molecular flexibility index (Phi) is 4.15. The summed E-state index contributed by atoms with van der Waals surface area (Å²) in [5.74, 6) is -0.342. The van der Waals surface area contributed by atoms with E-state index in [1.54, 1.807) is 56.6 Å². The van der Waals surface area contributed by atoms with Gasteiger partial charge in [-0.3, -0.25) is 9.59 Å². The van der Waals surface area contributed by atoms with Gasteiger partial charge in [-0.2, -0.15) is 0 Å². The molecule has 1 radical (unpaired) electrons. The van der Waals surface area contributed by atoms with Crippen LogP contribution in [-0.4, -0.2) is 30.8 Å². The van der Waals surface area contributed by atoms with Crippen LogP contribution >= 0.6 is 0 Å². The third-order valence-corrected chi connectivity index (χ3v) is 2.74. The van der Waals surface area contributed by atoms with Gasteiger partial charge in [0.25, 0.3) is 11.8 Å². The van der Waals surface area contributed by atoms with Gasteiger partial charge in [-0.15, -0.1) is 0 Å². The van der Waals surface area contributed by atoms with Gasteiger partial charge in [0.2, 0.25) is 0 Å². The molecule has 0 unspecified atom stereocenters. The summed E-state index contributed by atoms with van der Waals surface area (Å²) in [6, 6.07) is 16.6. The number of benzene rings is 2. The molecule has 2 aromatic carbocycles. The Balaban J connectivity index is 2.16. The van der Waals surface area contributed by atoms with E-state index in [1.165, 1.54) is 4.90 Å². The lowest BCUT2D eigenvalue weighted by molar-refractivity contribution is 0.0827. The van der Waals surface area contributed by atoms with Gasteiger partial charge >= 0.3 is 0 Å². The number of hydrogen-bond acceptors (Lipinski definition) is 2. The normalized spacial score (nSPS) is 9.90. The number of carbonyl (C=O) groups excluding carboxylic acids is 2. The molecular weight excluding hydrogens is 252 g/mol. The number of anilines is 1. The molecule has 0 heterocycles. The summed E-state index contributed by atoms with van der Waals surface area (Å²) in [6.45, 7) is 0. The third kappa shape index (κ3) is 3.23. The highest BCUT2D eigenvalue weighted by molar-refractivity contribution is 6.05. The average Bonchev–Trinajstić information content (AvgIpc) is 2.47. The molecular formula is C16H15N2O2. The Morgan fingerprint density at radius 3 is 2.40 bits per heavy atom. The molecule has 0 aliphatic carbocycles. The van der Waals surface area contributed by atoms with E-state index in [1.807, 2.05) is 6.07 Å². The number of nitrogens with zero attached hydrogens (tertiary/aromatic N) is 1. The molecule has 4 nitrogen and oxygen atoms in total. The minimum atomic E-state index is -0.214. The molecule has 0 aromatic heterocycles. The molecule has 0 bridgehead atoms. The summed E-state index contributed by atoms with van der Waals surface area (Å²) in [7, 11) is 3.36. The summed E-state index contributed by atoms with van der Waals surface area (Å²) in [6.07, 6.45) is 0. The van der Waals surface area contributed by atoms with Crippen LogP contribution in [-0.2, 0) is 0 Å². The molecule has 0 fully saturated rings. The van der Waals surface area contributed by atoms with Crippen LogP contribution in [0.2, 0.25) is 0 Å². The largest absolute Gasteiger partial charge is 0.345 e. The second-order valence-electron chi connectivity index (χ2n) is 4.53. The van der Waals surface area contributed by atoms with Crippen molar-refractivity contribution in [2.45, 2.75) is 0 Å². The lowest BCUT2D eigenvalue weighted by Gasteiger charge is -2.11. The van der Waals surface area contributed by atoms with Crippen molar-refractivity contribution in [3.05, 3.63) is 65.7 Å². The molecule has 2 amide bonds. The highest BCUT2D eigenvalue weighted by Crippen LogP contribution is 2.13. The van der Waals surface area contributed by atoms with Crippen LogP contribution in [0.4, 0.5) is 5.69 Å². The van der Waals surface area contributed by atoms with Gasteiger partial charge in [-0.05, 0) is 36.4 Å². The van der Waals surface area contributed by atoms with E-state index in [4.69, 9.17) is 0 Å². The first-order chi connectivity index (χ1) is 9.58. The predicted octanol–water partition coefficient (Wildman–Crippen LogP) is 2.44. The topological polar surface area (TPSA) is 49.4 Å². The molecule has 0 atom stereocenters. The second-order valence-corrected chi connectivity index (χ2v) is 4.53. The Labute approximate surface area is 118 Å². The molecule has 0 spiro atoms. The predicted molar refractivity (Wildman–Crippen MR) is 77.7 cm³/mol. The Hall–Kier alpha value is -2.62. The van der Waals surface area contributed by atoms with E-state index >= 15 is 0 Å². The zero-order valence-corrected chi connectivity index (χ0v) is 11.4. The fraction of sp³-hybridized carbons (Fsp3) is 0.125. The van der Waals surface area contributed by atoms with Crippen LogP contribution in [0.15, 0.2) is 48.5 Å². The fourth-order valence-electron chi connectivity index (χ4n) is 1.72. The van der Waals surface area contributed by atoms with Crippen molar-refractivity contribution in [1.29, 1.82) is 0 Å². The van der Waals surface area contributed by atoms with Gasteiger partial charge in [0.05, 0.1) is 0 Å². The maximum absolute atomic E-state index is 12.0. The van der Waals surface area contributed by atoms with Crippen LogP contribution in [0.5, 0.6) is 0 Å². The summed E-state index contributed by atoms with van der Waals surface area (Å²) < 4.78 is 0. The first kappa shape index (κ1) is 13.8. The number of hydrogen-bond donors (Lipinski definition) is 1. The zero-order chi connectivity index (χ0) is 14.5. The molecule has 1 N–H and O–H groups in total. The van der Waals surface area contributed by atoms with Gasteiger partial charge in [0.1, 0.15) is 0 Å². The lowest BCUT2D eigenvalue weighted by Crippen LogP contribution is -2.22. The third-order valence-electron chi connectivity index (χ3n) is 2.74. The van der Waals surface area contributed by atoms with Crippen molar-refractivity contribution in [2.75, 3.05) is 19.4 Å². The fourth-order valence-corrected chi connectivity index (χ4v) is 1.72. The summed E-state index contributed by atoms with van der Waals surface area (Å²) in [5.41, 5.74) is 1.60. The number of amides is 2. The van der Waals surface area contributed by atoms with Crippen LogP contribution in [0.3, 0.4) is 0 Å². The highest BCUT2D eigenvalue weighted by atomic mass is 16.2. The first-order valence-corrected chi connectivity index (χ1v) is 6.17. The van der Waals surface area contributed by atoms with Crippen LogP contribution in [0.1, 0.15) is 20.7 Å². The van der Waals surface area contributed by atoms with Crippen molar-refractivity contribution in [3.63, 3.8) is 0 Å². The van der Waals surface area contributed by atoms with E-state index in [9.17, 15) is 9.59 Å². The maximum atomic E-state index is 12.0. The lowest BCUT2D eigenvalue weighted by atomic mass is 10.1. The molecule has 2 aromatic rings. The maximum Gasteiger partial charge on any atom is 0.255 e. The van der Waals surface area contributed by atoms with Crippen LogP contribution in [0, 0.1) is 6.07 Å². The summed E-state index contributed by atoms with van der Waals surface area (Å²) in [4.78, 5) is 25.3. The molecule has 0 aliphatic rings. The standard InChI is InChI=1S/C16H15N2O2/c1-18(2)16(20)13-9-6-10-14(11-13)17-15(19)12-7-4-3-5-8-12/h3-5,7-11H,1-2H3,(H,17,19). The van der Waals surface area contributed by atoms with E-state index in [0.29, 0.717) is 16.8 Å². The molecule has 4 heteroatoms. The number of carbonyl (C=O) groups is 2. The van der Waals surface area contributed by atoms with Gasteiger partial charge in [-0.1, -0.05) is 18.2 Å². The SMILES string of the molecule is CN(C)C(=O)c1c[c]cc(NC(=O)c2ccccc2)c1. The minimum absolute atomic E-state index is 0.128. The van der Waals surface area contributed by atoms with E-state index < -0.39 is 0 Å². The summed E-state index contributed by atoms with van der Waals surface area (Å²) in [5, 5.41) is 2.75. The molecule has 0 saturated carbocycles. The Morgan fingerprint density at radius 2 is 1.75 bits per heavy atom. The van der Waals surface area contributed by atoms with Crippen LogP contribution < -0.4 is 5.32 Å². The molecule has 0 saturated heterocycles. The number of rotatable bonds is 3. The van der Waals surface area contributed by atoms with Gasteiger partial charge in [0, 0.05) is 30.9 Å². The monoisotopic (exact) mass is 267 g/mol. The van der Waals surface area contributed by atoms with E-state index in [0.717, 1.165) is 0 Å². The van der Waals surface area contributed by atoms with Crippen molar-refractivity contribution in [2.24, 2.45) is 0 Å². The Bertz CT molecular complexity index is 621. The molecule has 20 heavy (non-hydrogen) atoms. The van der Waals surface area contributed by atoms with Crippen molar-refractivity contribution < 1.29 is 9.59 Å². The molecule has 0 aliphatic heterocycles. The molecule has 2 rings (SSSR count). The van der Waals surface area contributed by atoms with Crippen LogP contribution in [0.25, 0.3) is 0 Å². The number of nitrogens with one attached hydrogen (secondary N) is 1. The smallest absolute Gasteiger partial charge is 0.255 e. The average molecular weight is 267 g/mol. The van der Waals surface area contributed by atoms with Crippen molar-refractivity contribution >= 4 is 17.5 Å². The first-order valence-electron chi connectivity index (χ1n) is 6.17. The van der Waals surface area contributed by atoms with Gasteiger partial charge < -0.3 is 10.2 Å². The minimum Gasteiger partial charge on any atom is -0.345 e.